The Morgan fingerprint density at radius 3 is 2.52 bits per heavy atom. The van der Waals surface area contributed by atoms with Crippen LogP contribution < -0.4 is 10.6 Å². The number of benzene rings is 1. The molecular formula is C15H21FN2O3. The predicted molar refractivity (Wildman–Crippen MR) is 78.3 cm³/mol. The minimum absolute atomic E-state index is 0.0482. The van der Waals surface area contributed by atoms with E-state index >= 15 is 0 Å². The molecule has 0 aliphatic rings. The van der Waals surface area contributed by atoms with E-state index in [4.69, 9.17) is 4.74 Å². The van der Waals surface area contributed by atoms with E-state index < -0.39 is 11.9 Å². The van der Waals surface area contributed by atoms with Crippen molar-refractivity contribution in [1.82, 2.24) is 5.32 Å². The summed E-state index contributed by atoms with van der Waals surface area (Å²) in [6.45, 7) is 4.07. The summed E-state index contributed by atoms with van der Waals surface area (Å²) in [5.41, 5.74) is 0.149. The summed E-state index contributed by atoms with van der Waals surface area (Å²) >= 11 is 0. The Kier molecular flexibility index (Phi) is 6.81. The van der Waals surface area contributed by atoms with Crippen molar-refractivity contribution in [3.05, 3.63) is 30.1 Å². The molecule has 0 fully saturated rings. The van der Waals surface area contributed by atoms with E-state index in [-0.39, 0.29) is 29.9 Å². The molecule has 0 heterocycles. The maximum atomic E-state index is 13.4. The van der Waals surface area contributed by atoms with Crippen LogP contribution >= 0.6 is 0 Å². The molecule has 1 aromatic carbocycles. The molecule has 1 unspecified atom stereocenters. The largest absolute Gasteiger partial charge is 0.468 e. The second-order valence-corrected chi connectivity index (χ2v) is 4.98. The lowest BCUT2D eigenvalue weighted by Crippen LogP contribution is -2.42. The molecule has 2 N–H and O–H groups in total. The van der Waals surface area contributed by atoms with Gasteiger partial charge in [-0.25, -0.2) is 4.39 Å². The van der Waals surface area contributed by atoms with Crippen molar-refractivity contribution in [3.63, 3.8) is 0 Å². The Balaban J connectivity index is 2.43. The number of hydrogen-bond acceptors (Lipinski definition) is 4. The standard InChI is InChI=1S/C15H21FN2O3/c1-10(2)14(15(20)21-3)17-9-8-13(19)18-12-7-5-4-6-11(12)16/h4-7,10,14,17H,8-9H2,1-3H3,(H,18,19). The summed E-state index contributed by atoms with van der Waals surface area (Å²) < 4.78 is 18.1. The van der Waals surface area contributed by atoms with Crippen LogP contribution in [0.5, 0.6) is 0 Å². The van der Waals surface area contributed by atoms with E-state index in [0.717, 1.165) is 0 Å². The number of methoxy groups -OCH3 is 1. The number of amides is 1. The fourth-order valence-corrected chi connectivity index (χ4v) is 1.83. The number of carbonyl (C=O) groups excluding carboxylic acids is 2. The van der Waals surface area contributed by atoms with Gasteiger partial charge in [0.15, 0.2) is 0 Å². The normalized spacial score (nSPS) is 12.0. The van der Waals surface area contributed by atoms with Crippen molar-refractivity contribution in [3.8, 4) is 0 Å². The van der Waals surface area contributed by atoms with Crippen molar-refractivity contribution in [1.29, 1.82) is 0 Å². The first-order chi connectivity index (χ1) is 9.95. The number of hydrogen-bond donors (Lipinski definition) is 2. The third kappa shape index (κ3) is 5.51. The van der Waals surface area contributed by atoms with Crippen LogP contribution in [0.4, 0.5) is 10.1 Å². The van der Waals surface area contributed by atoms with E-state index in [2.05, 4.69) is 10.6 Å². The highest BCUT2D eigenvalue weighted by atomic mass is 19.1. The number of ether oxygens (including phenoxy) is 1. The topological polar surface area (TPSA) is 67.4 Å². The third-order valence-corrected chi connectivity index (χ3v) is 2.99. The molecule has 21 heavy (non-hydrogen) atoms. The van der Waals surface area contributed by atoms with Crippen LogP contribution in [0.3, 0.4) is 0 Å². The molecule has 1 amide bonds. The van der Waals surface area contributed by atoms with Gasteiger partial charge in [0.2, 0.25) is 5.91 Å². The molecule has 1 rings (SSSR count). The summed E-state index contributed by atoms with van der Waals surface area (Å²) in [6.07, 6.45) is 0.133. The number of carbonyl (C=O) groups is 2. The number of anilines is 1. The Hall–Kier alpha value is -1.95. The minimum Gasteiger partial charge on any atom is -0.468 e. The quantitative estimate of drug-likeness (QED) is 0.755. The first-order valence-corrected chi connectivity index (χ1v) is 6.81. The van der Waals surface area contributed by atoms with E-state index in [1.807, 2.05) is 13.8 Å². The van der Waals surface area contributed by atoms with Crippen molar-refractivity contribution < 1.29 is 18.7 Å². The average Bonchev–Trinajstić information content (AvgIpc) is 2.45. The van der Waals surface area contributed by atoms with Gasteiger partial charge in [-0.3, -0.25) is 9.59 Å². The molecule has 6 heteroatoms. The van der Waals surface area contributed by atoms with Gasteiger partial charge in [-0.15, -0.1) is 0 Å². The first kappa shape index (κ1) is 17.1. The third-order valence-electron chi connectivity index (χ3n) is 2.99. The first-order valence-electron chi connectivity index (χ1n) is 6.81. The maximum absolute atomic E-state index is 13.4. The SMILES string of the molecule is COC(=O)C(NCCC(=O)Nc1ccccc1F)C(C)C. The summed E-state index contributed by atoms with van der Waals surface area (Å²) in [5.74, 6) is -1.11. The molecule has 1 aromatic rings. The molecule has 1 atom stereocenters. The monoisotopic (exact) mass is 296 g/mol. The van der Waals surface area contributed by atoms with Crippen LogP contribution in [0.2, 0.25) is 0 Å². The van der Waals surface area contributed by atoms with Gasteiger partial charge in [0.25, 0.3) is 0 Å². The lowest BCUT2D eigenvalue weighted by Gasteiger charge is -2.19. The number of nitrogens with one attached hydrogen (secondary N) is 2. The molecule has 116 valence electrons. The van der Waals surface area contributed by atoms with Gasteiger partial charge in [-0.05, 0) is 18.1 Å². The molecule has 0 spiro atoms. The zero-order valence-corrected chi connectivity index (χ0v) is 12.5. The van der Waals surface area contributed by atoms with Crippen molar-refractivity contribution in [2.75, 3.05) is 19.0 Å². The second-order valence-electron chi connectivity index (χ2n) is 4.98. The average molecular weight is 296 g/mol. The van der Waals surface area contributed by atoms with Crippen molar-refractivity contribution in [2.45, 2.75) is 26.3 Å². The van der Waals surface area contributed by atoms with Gasteiger partial charge in [-0.1, -0.05) is 26.0 Å². The van der Waals surface area contributed by atoms with E-state index in [9.17, 15) is 14.0 Å². The fraction of sp³-hybridized carbons (Fsp3) is 0.467. The Labute approximate surface area is 123 Å². The smallest absolute Gasteiger partial charge is 0.323 e. The number of halogens is 1. The van der Waals surface area contributed by atoms with E-state index in [1.54, 1.807) is 12.1 Å². The molecule has 0 aliphatic carbocycles. The fourth-order valence-electron chi connectivity index (χ4n) is 1.83. The number of para-hydroxylation sites is 1. The van der Waals surface area contributed by atoms with Crippen LogP contribution in [-0.4, -0.2) is 31.6 Å². The van der Waals surface area contributed by atoms with Crippen LogP contribution in [0.15, 0.2) is 24.3 Å². The zero-order valence-electron chi connectivity index (χ0n) is 12.5. The van der Waals surface area contributed by atoms with Crippen LogP contribution in [0.25, 0.3) is 0 Å². The molecule has 0 bridgehead atoms. The number of rotatable bonds is 7. The molecule has 0 saturated heterocycles. The Bertz CT molecular complexity index is 492. The molecule has 0 aliphatic heterocycles. The lowest BCUT2D eigenvalue weighted by atomic mass is 10.0. The molecule has 5 nitrogen and oxygen atoms in total. The number of esters is 1. The summed E-state index contributed by atoms with van der Waals surface area (Å²) in [7, 11) is 1.32. The molecule has 0 saturated carbocycles. The van der Waals surface area contributed by atoms with Crippen LogP contribution in [0, 0.1) is 11.7 Å². The van der Waals surface area contributed by atoms with E-state index in [1.165, 1.54) is 19.2 Å². The van der Waals surface area contributed by atoms with Crippen molar-refractivity contribution in [2.24, 2.45) is 5.92 Å². The minimum atomic E-state index is -0.478. The molecule has 0 radical (unpaired) electrons. The second kappa shape index (κ2) is 8.36. The summed E-state index contributed by atoms with van der Waals surface area (Å²) in [6, 6.07) is 5.50. The van der Waals surface area contributed by atoms with Gasteiger partial charge in [0.1, 0.15) is 11.9 Å². The van der Waals surface area contributed by atoms with E-state index in [0.29, 0.717) is 6.54 Å². The van der Waals surface area contributed by atoms with Crippen LogP contribution in [-0.2, 0) is 14.3 Å². The lowest BCUT2D eigenvalue weighted by molar-refractivity contribution is -0.144. The summed E-state index contributed by atoms with van der Waals surface area (Å²) in [5, 5.41) is 5.46. The molecule has 0 aromatic heterocycles. The summed E-state index contributed by atoms with van der Waals surface area (Å²) in [4.78, 5) is 23.3. The highest BCUT2D eigenvalue weighted by molar-refractivity contribution is 5.90. The van der Waals surface area contributed by atoms with Crippen molar-refractivity contribution >= 4 is 17.6 Å². The zero-order chi connectivity index (χ0) is 15.8. The maximum Gasteiger partial charge on any atom is 0.323 e. The van der Waals surface area contributed by atoms with Gasteiger partial charge < -0.3 is 15.4 Å². The highest BCUT2D eigenvalue weighted by Crippen LogP contribution is 2.12. The Morgan fingerprint density at radius 1 is 1.29 bits per heavy atom. The van der Waals surface area contributed by atoms with Gasteiger partial charge in [0.05, 0.1) is 12.8 Å². The van der Waals surface area contributed by atoms with Gasteiger partial charge >= 0.3 is 5.97 Å². The highest BCUT2D eigenvalue weighted by Gasteiger charge is 2.22. The Morgan fingerprint density at radius 2 is 1.95 bits per heavy atom. The predicted octanol–water partition coefficient (Wildman–Crippen LogP) is 1.94. The van der Waals surface area contributed by atoms with Gasteiger partial charge in [0, 0.05) is 13.0 Å². The van der Waals surface area contributed by atoms with Crippen LogP contribution in [0.1, 0.15) is 20.3 Å². The molecular weight excluding hydrogens is 275 g/mol. The van der Waals surface area contributed by atoms with Gasteiger partial charge in [-0.2, -0.15) is 0 Å².